The van der Waals surface area contributed by atoms with Crippen molar-refractivity contribution in [3.8, 4) is 0 Å². The summed E-state index contributed by atoms with van der Waals surface area (Å²) in [4.78, 5) is 19.2. The van der Waals surface area contributed by atoms with Crippen LogP contribution in [0.25, 0.3) is 0 Å². The molecule has 26 heavy (non-hydrogen) atoms. The number of halogens is 3. The summed E-state index contributed by atoms with van der Waals surface area (Å²) in [5.74, 6) is -1.87. The maximum atomic E-state index is 9.67. The molecule has 11 heteroatoms. The standard InChI is InChI=1S/C6H14O4.2C4H6O2.CHF3/c7-1-3-9-5-6-10-4-2-8;2*1-3(2)4(5)6;2-1(3)4/h7-8H,1-6H2;2*1H2,2H3,(H,5,6);1H. The second-order valence-corrected chi connectivity index (χ2v) is 4.09. The van der Waals surface area contributed by atoms with Gasteiger partial charge in [-0.05, 0) is 13.8 Å². The van der Waals surface area contributed by atoms with E-state index in [4.69, 9.17) is 29.9 Å². The molecule has 0 spiro atoms. The number of carbonyl (C=O) groups is 2. The molecule has 0 aliphatic heterocycles. The van der Waals surface area contributed by atoms with Gasteiger partial charge in [0.2, 0.25) is 0 Å². The SMILES string of the molecule is C=C(C)C(=O)O.C=C(C)C(=O)O.FC(F)F.OCCOCCOCCO. The van der Waals surface area contributed by atoms with Crippen LogP contribution in [0.5, 0.6) is 0 Å². The zero-order chi connectivity index (χ0) is 21.5. The fourth-order valence-corrected chi connectivity index (χ4v) is 0.451. The Kier molecular flexibility index (Phi) is 30.9. The summed E-state index contributed by atoms with van der Waals surface area (Å²) >= 11 is 0. The lowest BCUT2D eigenvalue weighted by Crippen LogP contribution is -2.09. The predicted octanol–water partition coefficient (Wildman–Crippen LogP) is 1.48. The van der Waals surface area contributed by atoms with E-state index in [-0.39, 0.29) is 24.4 Å². The molecule has 0 aliphatic carbocycles. The van der Waals surface area contributed by atoms with Crippen LogP contribution in [-0.2, 0) is 19.1 Å². The highest BCUT2D eigenvalue weighted by Gasteiger charge is 1.91. The lowest BCUT2D eigenvalue weighted by molar-refractivity contribution is -0.133. The van der Waals surface area contributed by atoms with Crippen molar-refractivity contribution in [1.29, 1.82) is 0 Å². The van der Waals surface area contributed by atoms with Gasteiger partial charge in [0.15, 0.2) is 0 Å². The van der Waals surface area contributed by atoms with E-state index in [1.807, 2.05) is 0 Å². The molecule has 0 unspecified atom stereocenters. The van der Waals surface area contributed by atoms with Crippen molar-refractivity contribution >= 4 is 11.9 Å². The molecule has 0 atom stereocenters. The smallest absolute Gasteiger partial charge is 0.379 e. The second kappa shape index (κ2) is 25.3. The first-order valence-electron chi connectivity index (χ1n) is 7.00. The Hall–Kier alpha value is -1.95. The minimum atomic E-state index is -3.67. The van der Waals surface area contributed by atoms with Gasteiger partial charge in [-0.2, -0.15) is 13.2 Å². The third kappa shape index (κ3) is 57.4. The Morgan fingerprint density at radius 2 is 1.00 bits per heavy atom. The van der Waals surface area contributed by atoms with Crippen molar-refractivity contribution in [2.24, 2.45) is 0 Å². The van der Waals surface area contributed by atoms with E-state index in [1.54, 1.807) is 0 Å². The number of aliphatic hydroxyl groups is 2. The third-order valence-corrected chi connectivity index (χ3v) is 1.57. The van der Waals surface area contributed by atoms with Crippen LogP contribution in [0.3, 0.4) is 0 Å². The summed E-state index contributed by atoms with van der Waals surface area (Å²) < 4.78 is 38.7. The highest BCUT2D eigenvalue weighted by molar-refractivity contribution is 5.85. The Labute approximate surface area is 150 Å². The molecule has 0 saturated carbocycles. The summed E-state index contributed by atoms with van der Waals surface area (Å²) in [5.41, 5.74) is 0.352. The molecule has 0 heterocycles. The summed E-state index contributed by atoms with van der Waals surface area (Å²) in [7, 11) is 0. The molecular weight excluding hydrogens is 365 g/mol. The quantitative estimate of drug-likeness (QED) is 0.342. The van der Waals surface area contributed by atoms with E-state index in [2.05, 4.69) is 13.2 Å². The average molecular weight is 392 g/mol. The monoisotopic (exact) mass is 392 g/mol. The van der Waals surface area contributed by atoms with Gasteiger partial charge in [0.1, 0.15) is 0 Å². The van der Waals surface area contributed by atoms with Gasteiger partial charge in [0.25, 0.3) is 0 Å². The number of ether oxygens (including phenoxy) is 2. The van der Waals surface area contributed by atoms with Gasteiger partial charge in [-0.15, -0.1) is 0 Å². The van der Waals surface area contributed by atoms with Crippen LogP contribution in [-0.4, -0.2) is 78.7 Å². The number of hydrogen-bond acceptors (Lipinski definition) is 6. The topological polar surface area (TPSA) is 134 Å². The molecule has 0 aromatic rings. The molecule has 0 aromatic heterocycles. The van der Waals surface area contributed by atoms with Gasteiger partial charge in [-0.3, -0.25) is 0 Å². The van der Waals surface area contributed by atoms with Gasteiger partial charge in [-0.25, -0.2) is 9.59 Å². The average Bonchev–Trinajstić information content (AvgIpc) is 2.51. The molecule has 0 bridgehead atoms. The maximum absolute atomic E-state index is 9.67. The Bertz CT molecular complexity index is 317. The third-order valence-electron chi connectivity index (χ3n) is 1.57. The molecule has 156 valence electrons. The second-order valence-electron chi connectivity index (χ2n) is 4.09. The van der Waals surface area contributed by atoms with Crippen LogP contribution in [0.4, 0.5) is 13.2 Å². The highest BCUT2D eigenvalue weighted by atomic mass is 19.4. The van der Waals surface area contributed by atoms with Gasteiger partial charge < -0.3 is 29.9 Å². The van der Waals surface area contributed by atoms with E-state index in [0.717, 1.165) is 0 Å². The number of hydrogen-bond donors (Lipinski definition) is 4. The molecule has 0 saturated heterocycles. The Morgan fingerprint density at radius 3 is 1.12 bits per heavy atom. The van der Waals surface area contributed by atoms with Crippen LogP contribution in [0.2, 0.25) is 0 Å². The minimum Gasteiger partial charge on any atom is -0.478 e. The first-order valence-corrected chi connectivity index (χ1v) is 7.00. The molecule has 0 rings (SSSR count). The first kappa shape index (κ1) is 31.8. The van der Waals surface area contributed by atoms with Crippen LogP contribution < -0.4 is 0 Å². The lowest BCUT2D eigenvalue weighted by Gasteiger charge is -2.01. The summed E-state index contributed by atoms with van der Waals surface area (Å²) in [5, 5.41) is 32.3. The summed E-state index contributed by atoms with van der Waals surface area (Å²) in [6.45, 7) is 7.27. The maximum Gasteiger partial charge on any atom is 0.379 e. The first-order chi connectivity index (χ1) is 11.9. The molecule has 8 nitrogen and oxygen atoms in total. The number of rotatable bonds is 9. The molecule has 4 N–H and O–H groups in total. The molecule has 0 amide bonds. The van der Waals surface area contributed by atoms with Crippen molar-refractivity contribution in [2.45, 2.75) is 20.5 Å². The van der Waals surface area contributed by atoms with E-state index in [1.165, 1.54) is 13.8 Å². The summed E-state index contributed by atoms with van der Waals surface area (Å²) in [6, 6.07) is 0. The fraction of sp³-hybridized carbons (Fsp3) is 0.600. The van der Waals surface area contributed by atoms with Crippen molar-refractivity contribution < 1.29 is 52.7 Å². The highest BCUT2D eigenvalue weighted by Crippen LogP contribution is 1.87. The zero-order valence-electron chi connectivity index (χ0n) is 14.8. The number of carboxylic acids is 2. The van der Waals surface area contributed by atoms with Crippen LogP contribution in [0.15, 0.2) is 24.3 Å². The van der Waals surface area contributed by atoms with Gasteiger partial charge in [0.05, 0.1) is 39.6 Å². The van der Waals surface area contributed by atoms with Crippen molar-refractivity contribution in [1.82, 2.24) is 0 Å². The van der Waals surface area contributed by atoms with Crippen molar-refractivity contribution in [3.05, 3.63) is 24.3 Å². The lowest BCUT2D eigenvalue weighted by atomic mass is 10.4. The van der Waals surface area contributed by atoms with E-state index in [0.29, 0.717) is 26.4 Å². The fourth-order valence-electron chi connectivity index (χ4n) is 0.451. The molecule has 0 aromatic carbocycles. The van der Waals surface area contributed by atoms with Crippen LogP contribution >= 0.6 is 0 Å². The van der Waals surface area contributed by atoms with E-state index < -0.39 is 18.6 Å². The largest absolute Gasteiger partial charge is 0.478 e. The molecule has 0 aliphatic rings. The Morgan fingerprint density at radius 1 is 0.808 bits per heavy atom. The van der Waals surface area contributed by atoms with Crippen molar-refractivity contribution in [2.75, 3.05) is 39.6 Å². The van der Waals surface area contributed by atoms with E-state index >= 15 is 0 Å². The number of aliphatic carboxylic acids is 2. The number of aliphatic hydroxyl groups excluding tert-OH is 2. The zero-order valence-corrected chi connectivity index (χ0v) is 14.8. The molecular formula is C15H27F3O8. The van der Waals surface area contributed by atoms with Crippen LogP contribution in [0.1, 0.15) is 13.8 Å². The minimum absolute atomic E-state index is 0.0417. The van der Waals surface area contributed by atoms with Gasteiger partial charge >= 0.3 is 18.6 Å². The van der Waals surface area contributed by atoms with E-state index in [9.17, 15) is 22.8 Å². The molecule has 0 fully saturated rings. The normalized spacial score (nSPS) is 8.77. The predicted molar refractivity (Wildman–Crippen MR) is 87.8 cm³/mol. The van der Waals surface area contributed by atoms with Crippen LogP contribution in [0, 0.1) is 0 Å². The number of alkyl halides is 3. The van der Waals surface area contributed by atoms with Crippen molar-refractivity contribution in [3.63, 3.8) is 0 Å². The molecule has 0 radical (unpaired) electrons. The Balaban J connectivity index is -0.000000132. The van der Waals surface area contributed by atoms with Gasteiger partial charge in [0, 0.05) is 11.1 Å². The van der Waals surface area contributed by atoms with Gasteiger partial charge in [-0.1, -0.05) is 13.2 Å². The number of carboxylic acid groups (broad SMARTS) is 2. The summed E-state index contributed by atoms with van der Waals surface area (Å²) in [6.07, 6.45) is 0.